The quantitative estimate of drug-likeness (QED) is 0.230. The van der Waals surface area contributed by atoms with E-state index >= 15 is 0 Å². The molecular weight excluding hydrogens is 524 g/mol. The minimum absolute atomic E-state index is 0.193. The van der Waals surface area contributed by atoms with Crippen LogP contribution in [0.1, 0.15) is 23.6 Å². The molecule has 5 rings (SSSR count). The summed E-state index contributed by atoms with van der Waals surface area (Å²) in [6.07, 6.45) is 1.67. The fourth-order valence-corrected chi connectivity index (χ4v) is 5.21. The molecule has 1 aliphatic heterocycles. The fraction of sp³-hybridized carbons (Fsp3) is 0.156. The molecule has 0 unspecified atom stereocenters. The zero-order chi connectivity index (χ0) is 28.1. The number of amides is 3. The molecule has 4 aromatic rings. The highest BCUT2D eigenvalue weighted by Gasteiger charge is 2.35. The Morgan fingerprint density at radius 3 is 2.52 bits per heavy atom. The van der Waals surface area contributed by atoms with Gasteiger partial charge < -0.3 is 14.8 Å². The number of anilines is 1. The smallest absolute Gasteiger partial charge is 0.293 e. The number of nitrogens with zero attached hydrogens (tertiary/aromatic N) is 1. The highest BCUT2D eigenvalue weighted by atomic mass is 32.2. The van der Waals surface area contributed by atoms with Gasteiger partial charge in [-0.05, 0) is 89.5 Å². The molecule has 1 heterocycles. The first kappa shape index (κ1) is 27.0. The number of rotatable bonds is 9. The van der Waals surface area contributed by atoms with Crippen LogP contribution in [0.2, 0.25) is 0 Å². The summed E-state index contributed by atoms with van der Waals surface area (Å²) >= 11 is 0.912. The topological polar surface area (TPSA) is 84.9 Å². The van der Waals surface area contributed by atoms with Crippen molar-refractivity contribution >= 4 is 51.4 Å². The Kier molecular flexibility index (Phi) is 8.17. The molecule has 0 radical (unpaired) electrons. The van der Waals surface area contributed by atoms with Gasteiger partial charge >= 0.3 is 0 Å². The zero-order valence-corrected chi connectivity index (χ0v) is 23.0. The first-order chi connectivity index (χ1) is 19.4. The second kappa shape index (κ2) is 12.1. The van der Waals surface area contributed by atoms with E-state index in [2.05, 4.69) is 5.32 Å². The molecule has 0 aromatic heterocycles. The Hall–Kier alpha value is -4.56. The molecule has 40 heavy (non-hydrogen) atoms. The number of fused-ring (bicyclic) bond motifs is 1. The average molecular weight is 553 g/mol. The van der Waals surface area contributed by atoms with Gasteiger partial charge in [-0.2, -0.15) is 0 Å². The third kappa shape index (κ3) is 6.35. The van der Waals surface area contributed by atoms with Gasteiger partial charge in [0.25, 0.3) is 17.1 Å². The maximum atomic E-state index is 13.1. The van der Waals surface area contributed by atoms with Gasteiger partial charge in [0.2, 0.25) is 0 Å². The molecule has 7 nitrogen and oxygen atoms in total. The summed E-state index contributed by atoms with van der Waals surface area (Å²) in [6.45, 7) is 4.19. The predicted octanol–water partition coefficient (Wildman–Crippen LogP) is 6.80. The molecule has 1 aliphatic rings. The van der Waals surface area contributed by atoms with Crippen LogP contribution < -0.4 is 14.8 Å². The summed E-state index contributed by atoms with van der Waals surface area (Å²) < 4.78 is 11.5. The normalized spacial score (nSPS) is 14.2. The van der Waals surface area contributed by atoms with Crippen LogP contribution in [-0.2, 0) is 16.1 Å². The summed E-state index contributed by atoms with van der Waals surface area (Å²) in [5, 5.41) is 4.66. The Bertz CT molecular complexity index is 1630. The zero-order valence-electron chi connectivity index (χ0n) is 22.2. The average Bonchev–Trinajstić information content (AvgIpc) is 3.20. The monoisotopic (exact) mass is 552 g/mol. The van der Waals surface area contributed by atoms with E-state index in [1.54, 1.807) is 24.3 Å². The Morgan fingerprint density at radius 2 is 1.73 bits per heavy atom. The Morgan fingerprint density at radius 1 is 0.900 bits per heavy atom. The standard InChI is InChI=1S/C32H28N2O5S/c1-3-38-28-17-22(12-14-27(28)39-20-30(35)33-26-10-6-7-21(2)15-26)18-29-31(36)34(32(37)40-29)19-23-11-13-24-8-4-5-9-25(24)16-23/h4-18H,3,19-20H2,1-2H3,(H,33,35)/b29-18-. The van der Waals surface area contributed by atoms with E-state index in [0.717, 1.165) is 33.7 Å². The van der Waals surface area contributed by atoms with E-state index in [4.69, 9.17) is 9.47 Å². The van der Waals surface area contributed by atoms with Crippen molar-refractivity contribution in [2.75, 3.05) is 18.5 Å². The Labute approximate surface area is 236 Å². The predicted molar refractivity (Wildman–Crippen MR) is 158 cm³/mol. The molecule has 0 atom stereocenters. The summed E-state index contributed by atoms with van der Waals surface area (Å²) in [5.74, 6) is 0.212. The molecule has 0 aliphatic carbocycles. The van der Waals surface area contributed by atoms with Crippen LogP contribution in [0.15, 0.2) is 89.8 Å². The van der Waals surface area contributed by atoms with Gasteiger partial charge in [0.1, 0.15) is 0 Å². The number of hydrogen-bond donors (Lipinski definition) is 1. The minimum Gasteiger partial charge on any atom is -0.490 e. The second-order valence-corrected chi connectivity index (χ2v) is 10.3. The van der Waals surface area contributed by atoms with Crippen molar-refractivity contribution < 1.29 is 23.9 Å². The molecule has 1 N–H and O–H groups in total. The van der Waals surface area contributed by atoms with E-state index in [1.807, 2.05) is 80.6 Å². The molecule has 0 saturated carbocycles. The number of ether oxygens (including phenoxy) is 2. The number of nitrogens with one attached hydrogen (secondary N) is 1. The van der Waals surface area contributed by atoms with Gasteiger partial charge in [0.15, 0.2) is 18.1 Å². The molecule has 3 amide bonds. The first-order valence-corrected chi connectivity index (χ1v) is 13.7. The first-order valence-electron chi connectivity index (χ1n) is 12.9. The van der Waals surface area contributed by atoms with Crippen LogP contribution >= 0.6 is 11.8 Å². The molecule has 202 valence electrons. The third-order valence-corrected chi connectivity index (χ3v) is 7.16. The lowest BCUT2D eigenvalue weighted by atomic mass is 10.1. The third-order valence-electron chi connectivity index (χ3n) is 6.25. The van der Waals surface area contributed by atoms with Crippen LogP contribution in [0.5, 0.6) is 11.5 Å². The van der Waals surface area contributed by atoms with Crippen molar-refractivity contribution in [3.05, 3.63) is 107 Å². The SMILES string of the molecule is CCOc1cc(/C=C2\SC(=O)N(Cc3ccc4ccccc4c3)C2=O)ccc1OCC(=O)Nc1cccc(C)c1. The maximum Gasteiger partial charge on any atom is 0.293 e. The molecule has 1 saturated heterocycles. The van der Waals surface area contributed by atoms with E-state index in [-0.39, 0.29) is 30.2 Å². The lowest BCUT2D eigenvalue weighted by Crippen LogP contribution is -2.27. The summed E-state index contributed by atoms with van der Waals surface area (Å²) in [4.78, 5) is 39.8. The van der Waals surface area contributed by atoms with E-state index < -0.39 is 0 Å². The molecule has 0 spiro atoms. The van der Waals surface area contributed by atoms with Crippen LogP contribution in [0, 0.1) is 6.92 Å². The summed E-state index contributed by atoms with van der Waals surface area (Å²) in [6, 6.07) is 26.6. The molecule has 4 aromatic carbocycles. The van der Waals surface area contributed by atoms with Crippen LogP contribution in [0.3, 0.4) is 0 Å². The summed E-state index contributed by atoms with van der Waals surface area (Å²) in [7, 11) is 0. The van der Waals surface area contributed by atoms with E-state index in [1.165, 1.54) is 4.90 Å². The van der Waals surface area contributed by atoms with Gasteiger partial charge in [-0.1, -0.05) is 54.6 Å². The van der Waals surface area contributed by atoms with Crippen LogP contribution in [-0.4, -0.2) is 35.2 Å². The van der Waals surface area contributed by atoms with Crippen molar-refractivity contribution in [2.45, 2.75) is 20.4 Å². The lowest BCUT2D eigenvalue weighted by Gasteiger charge is -2.13. The number of benzene rings is 4. The van der Waals surface area contributed by atoms with Gasteiger partial charge in [-0.25, -0.2) is 0 Å². The second-order valence-electron chi connectivity index (χ2n) is 9.29. The number of carbonyl (C=O) groups excluding carboxylic acids is 3. The maximum absolute atomic E-state index is 13.1. The van der Waals surface area contributed by atoms with Gasteiger partial charge in [-0.3, -0.25) is 19.3 Å². The number of imide groups is 1. The van der Waals surface area contributed by atoms with Crippen molar-refractivity contribution in [3.63, 3.8) is 0 Å². The molecule has 1 fully saturated rings. The number of hydrogen-bond acceptors (Lipinski definition) is 6. The summed E-state index contributed by atoms with van der Waals surface area (Å²) in [5.41, 5.74) is 3.30. The highest BCUT2D eigenvalue weighted by molar-refractivity contribution is 8.18. The van der Waals surface area contributed by atoms with Crippen molar-refractivity contribution in [3.8, 4) is 11.5 Å². The number of thioether (sulfide) groups is 1. The largest absolute Gasteiger partial charge is 0.490 e. The highest BCUT2D eigenvalue weighted by Crippen LogP contribution is 2.35. The van der Waals surface area contributed by atoms with E-state index in [9.17, 15) is 14.4 Å². The van der Waals surface area contributed by atoms with Crippen molar-refractivity contribution in [2.24, 2.45) is 0 Å². The van der Waals surface area contributed by atoms with Crippen molar-refractivity contribution in [1.29, 1.82) is 0 Å². The molecular formula is C32H28N2O5S. The minimum atomic E-state index is -0.339. The fourth-order valence-electron chi connectivity index (χ4n) is 4.37. The Balaban J connectivity index is 1.27. The molecule has 0 bridgehead atoms. The van der Waals surface area contributed by atoms with E-state index in [0.29, 0.717) is 34.3 Å². The van der Waals surface area contributed by atoms with Gasteiger partial charge in [0.05, 0.1) is 18.1 Å². The van der Waals surface area contributed by atoms with Crippen LogP contribution in [0.4, 0.5) is 10.5 Å². The van der Waals surface area contributed by atoms with Crippen molar-refractivity contribution in [1.82, 2.24) is 4.90 Å². The van der Waals surface area contributed by atoms with Gasteiger partial charge in [-0.15, -0.1) is 0 Å². The number of aryl methyl sites for hydroxylation is 1. The number of carbonyl (C=O) groups is 3. The lowest BCUT2D eigenvalue weighted by molar-refractivity contribution is -0.123. The van der Waals surface area contributed by atoms with Crippen LogP contribution in [0.25, 0.3) is 16.8 Å². The van der Waals surface area contributed by atoms with Gasteiger partial charge in [0, 0.05) is 5.69 Å². The molecule has 8 heteroatoms.